The Balaban J connectivity index is 3.32. The van der Waals surface area contributed by atoms with Crippen LogP contribution in [0.4, 0.5) is 0 Å². The number of sulfonamides is 1. The monoisotopic (exact) mass is 353 g/mol. The molecule has 1 rings (SSSR count). The van der Waals surface area contributed by atoms with Gasteiger partial charge >= 0.3 is 5.97 Å². The van der Waals surface area contributed by atoms with Gasteiger partial charge in [0.2, 0.25) is 10.0 Å². The normalized spacial score (nSPS) is 12.4. The molecule has 0 atom stereocenters. The molecule has 0 heterocycles. The van der Waals surface area contributed by atoms with E-state index in [-0.39, 0.29) is 20.5 Å². The first-order valence-corrected chi connectivity index (χ1v) is 8.50. The van der Waals surface area contributed by atoms with Crippen LogP contribution in [0.3, 0.4) is 0 Å². The van der Waals surface area contributed by atoms with Gasteiger partial charge in [0.05, 0.1) is 15.6 Å². The number of hydrogen-bond donors (Lipinski definition) is 2. The standard InChI is InChI=1S/C13H17Cl2NO4S/c1-4-5-13(2,3)16-21(19,20)11-6-8(12(17)18)9(14)7-10(11)15/h6-7,16H,4-5H2,1-3H3,(H,17,18). The van der Waals surface area contributed by atoms with Gasteiger partial charge in [0, 0.05) is 5.54 Å². The van der Waals surface area contributed by atoms with Crippen molar-refractivity contribution in [3.63, 3.8) is 0 Å². The molecular formula is C13H17Cl2NO4S. The van der Waals surface area contributed by atoms with Gasteiger partial charge in [0.1, 0.15) is 4.90 Å². The average molecular weight is 354 g/mol. The van der Waals surface area contributed by atoms with Crippen molar-refractivity contribution in [2.24, 2.45) is 0 Å². The van der Waals surface area contributed by atoms with Crippen LogP contribution in [0.15, 0.2) is 17.0 Å². The fourth-order valence-electron chi connectivity index (χ4n) is 1.99. The summed E-state index contributed by atoms with van der Waals surface area (Å²) in [4.78, 5) is 10.8. The summed E-state index contributed by atoms with van der Waals surface area (Å²) in [5.41, 5.74) is -0.977. The quantitative estimate of drug-likeness (QED) is 0.818. The summed E-state index contributed by atoms with van der Waals surface area (Å²) < 4.78 is 27.3. The van der Waals surface area contributed by atoms with Crippen molar-refractivity contribution in [3.8, 4) is 0 Å². The molecule has 0 aliphatic heterocycles. The largest absolute Gasteiger partial charge is 0.478 e. The molecule has 0 aliphatic carbocycles. The molecule has 5 nitrogen and oxygen atoms in total. The molecule has 0 radical (unpaired) electrons. The molecule has 0 aliphatic rings. The van der Waals surface area contributed by atoms with Crippen molar-refractivity contribution in [1.29, 1.82) is 0 Å². The molecule has 1 aromatic rings. The highest BCUT2D eigenvalue weighted by atomic mass is 35.5. The molecule has 0 fully saturated rings. The Morgan fingerprint density at radius 3 is 2.33 bits per heavy atom. The van der Waals surface area contributed by atoms with E-state index in [4.69, 9.17) is 28.3 Å². The van der Waals surface area contributed by atoms with Crippen LogP contribution in [0.5, 0.6) is 0 Å². The Hall–Kier alpha value is -0.820. The summed E-state index contributed by atoms with van der Waals surface area (Å²) in [5, 5.41) is 8.79. The number of halogens is 2. The third-order valence-electron chi connectivity index (χ3n) is 2.83. The molecule has 0 saturated heterocycles. The summed E-state index contributed by atoms with van der Waals surface area (Å²) in [6.45, 7) is 5.43. The van der Waals surface area contributed by atoms with Gasteiger partial charge in [-0.15, -0.1) is 0 Å². The van der Waals surface area contributed by atoms with Crippen LogP contribution in [0.2, 0.25) is 10.0 Å². The van der Waals surface area contributed by atoms with Gasteiger partial charge in [-0.3, -0.25) is 0 Å². The van der Waals surface area contributed by atoms with Gasteiger partial charge in [0.25, 0.3) is 0 Å². The van der Waals surface area contributed by atoms with Crippen molar-refractivity contribution in [1.82, 2.24) is 4.72 Å². The van der Waals surface area contributed by atoms with E-state index in [1.165, 1.54) is 0 Å². The van der Waals surface area contributed by atoms with Crippen LogP contribution in [0.25, 0.3) is 0 Å². The van der Waals surface area contributed by atoms with E-state index >= 15 is 0 Å². The molecule has 0 spiro atoms. The summed E-state index contributed by atoms with van der Waals surface area (Å²) in [6.07, 6.45) is 1.42. The second kappa shape index (κ2) is 6.52. The third kappa shape index (κ3) is 4.57. The number of benzene rings is 1. The van der Waals surface area contributed by atoms with Gasteiger partial charge in [-0.25, -0.2) is 17.9 Å². The van der Waals surface area contributed by atoms with E-state index in [9.17, 15) is 13.2 Å². The first-order chi connectivity index (χ1) is 9.50. The highest BCUT2D eigenvalue weighted by Crippen LogP contribution is 2.29. The SMILES string of the molecule is CCCC(C)(C)NS(=O)(=O)c1cc(C(=O)O)c(Cl)cc1Cl. The van der Waals surface area contributed by atoms with Gasteiger partial charge in [-0.2, -0.15) is 0 Å². The Labute approximate surface area is 134 Å². The Kier molecular flexibility index (Phi) is 5.66. The lowest BCUT2D eigenvalue weighted by molar-refractivity contribution is 0.0697. The lowest BCUT2D eigenvalue weighted by atomic mass is 10.0. The van der Waals surface area contributed by atoms with Gasteiger partial charge < -0.3 is 5.11 Å². The van der Waals surface area contributed by atoms with Crippen LogP contribution in [0.1, 0.15) is 44.0 Å². The maximum Gasteiger partial charge on any atom is 0.337 e. The number of carbonyl (C=O) groups is 1. The zero-order valence-electron chi connectivity index (χ0n) is 11.9. The van der Waals surface area contributed by atoms with E-state index in [0.29, 0.717) is 6.42 Å². The first-order valence-electron chi connectivity index (χ1n) is 6.26. The van der Waals surface area contributed by atoms with E-state index in [1.54, 1.807) is 13.8 Å². The topological polar surface area (TPSA) is 83.5 Å². The summed E-state index contributed by atoms with van der Waals surface area (Å²) in [5.74, 6) is -1.32. The van der Waals surface area contributed by atoms with Crippen LogP contribution in [0, 0.1) is 0 Å². The Morgan fingerprint density at radius 1 is 1.29 bits per heavy atom. The second-order valence-corrected chi connectivity index (χ2v) is 7.77. The Bertz CT molecular complexity index is 656. The van der Waals surface area contributed by atoms with E-state index in [1.807, 2.05) is 6.92 Å². The van der Waals surface area contributed by atoms with Crippen molar-refractivity contribution in [2.75, 3.05) is 0 Å². The number of aromatic carboxylic acids is 1. The number of rotatable bonds is 6. The summed E-state index contributed by atoms with van der Waals surface area (Å²) in [6, 6.07) is 2.09. The van der Waals surface area contributed by atoms with Gasteiger partial charge in [-0.1, -0.05) is 36.5 Å². The predicted molar refractivity (Wildman–Crippen MR) is 82.7 cm³/mol. The minimum atomic E-state index is -3.95. The van der Waals surface area contributed by atoms with Crippen LogP contribution >= 0.6 is 23.2 Å². The zero-order chi connectivity index (χ0) is 16.4. The predicted octanol–water partition coefficient (Wildman–Crippen LogP) is 3.55. The van der Waals surface area contributed by atoms with Crippen molar-refractivity contribution >= 4 is 39.2 Å². The molecule has 0 bridgehead atoms. The molecule has 0 amide bonds. The lowest BCUT2D eigenvalue weighted by Gasteiger charge is -2.25. The molecule has 8 heteroatoms. The fourth-order valence-corrected chi connectivity index (χ4v) is 4.29. The Morgan fingerprint density at radius 2 is 1.86 bits per heavy atom. The van der Waals surface area contributed by atoms with Gasteiger partial charge in [0.15, 0.2) is 0 Å². The number of hydrogen-bond acceptors (Lipinski definition) is 3. The summed E-state index contributed by atoms with van der Waals surface area (Å²) in [7, 11) is -3.95. The molecule has 0 aromatic heterocycles. The number of carboxylic acids is 1. The molecule has 2 N–H and O–H groups in total. The highest BCUT2D eigenvalue weighted by Gasteiger charge is 2.28. The zero-order valence-corrected chi connectivity index (χ0v) is 14.2. The van der Waals surface area contributed by atoms with Crippen LogP contribution in [-0.2, 0) is 10.0 Å². The fraction of sp³-hybridized carbons (Fsp3) is 0.462. The minimum Gasteiger partial charge on any atom is -0.478 e. The molecule has 1 aromatic carbocycles. The van der Waals surface area contributed by atoms with E-state index < -0.39 is 21.5 Å². The molecule has 21 heavy (non-hydrogen) atoms. The van der Waals surface area contributed by atoms with E-state index in [0.717, 1.165) is 18.6 Å². The number of carboxylic acid groups (broad SMARTS) is 1. The third-order valence-corrected chi connectivity index (χ3v) is 5.30. The van der Waals surface area contributed by atoms with Crippen molar-refractivity contribution in [3.05, 3.63) is 27.7 Å². The van der Waals surface area contributed by atoms with Crippen molar-refractivity contribution in [2.45, 2.75) is 44.0 Å². The maximum atomic E-state index is 12.4. The first kappa shape index (κ1) is 18.2. The minimum absolute atomic E-state index is 0.112. The number of nitrogens with one attached hydrogen (secondary N) is 1. The van der Waals surface area contributed by atoms with Crippen LogP contribution < -0.4 is 4.72 Å². The van der Waals surface area contributed by atoms with Crippen LogP contribution in [-0.4, -0.2) is 25.0 Å². The molecule has 0 saturated carbocycles. The lowest BCUT2D eigenvalue weighted by Crippen LogP contribution is -2.43. The summed E-state index contributed by atoms with van der Waals surface area (Å²) >= 11 is 11.6. The molecule has 118 valence electrons. The molecular weight excluding hydrogens is 337 g/mol. The van der Waals surface area contributed by atoms with Crippen molar-refractivity contribution < 1.29 is 18.3 Å². The highest BCUT2D eigenvalue weighted by molar-refractivity contribution is 7.89. The average Bonchev–Trinajstić information content (AvgIpc) is 2.25. The van der Waals surface area contributed by atoms with E-state index in [2.05, 4.69) is 4.72 Å². The molecule has 0 unspecified atom stereocenters. The smallest absolute Gasteiger partial charge is 0.337 e. The maximum absolute atomic E-state index is 12.4. The second-order valence-electron chi connectivity index (χ2n) is 5.31. The van der Waals surface area contributed by atoms with Gasteiger partial charge in [-0.05, 0) is 32.4 Å².